The molecule has 1 heterocycles. The molecule has 0 aliphatic carbocycles. The molecule has 1 aromatic heterocycles. The zero-order valence-electron chi connectivity index (χ0n) is 10.2. The molecule has 1 aromatic rings. The minimum Gasteiger partial charge on any atom is -0.332 e. The van der Waals surface area contributed by atoms with Gasteiger partial charge in [-0.3, -0.25) is 0 Å². The first-order valence-electron chi connectivity index (χ1n) is 5.46. The molecule has 0 saturated carbocycles. The third kappa shape index (κ3) is 2.44. The summed E-state index contributed by atoms with van der Waals surface area (Å²) in [5, 5.41) is 0.173. The Morgan fingerprint density at radius 1 is 1.50 bits per heavy atom. The highest BCUT2D eigenvalue weighted by molar-refractivity contribution is 7.89. The Balaban J connectivity index is 3.09. The first-order valence-corrected chi connectivity index (χ1v) is 6.90. The molecule has 6 heteroatoms. The molecule has 1 unspecified atom stereocenters. The number of sulfonamides is 1. The molecule has 16 heavy (non-hydrogen) atoms. The van der Waals surface area contributed by atoms with Gasteiger partial charge in [0, 0.05) is 12.6 Å². The third-order valence-electron chi connectivity index (χ3n) is 2.66. The average Bonchev–Trinajstić information content (AvgIpc) is 2.65. The van der Waals surface area contributed by atoms with Crippen molar-refractivity contribution in [2.45, 2.75) is 45.2 Å². The van der Waals surface area contributed by atoms with E-state index in [9.17, 15) is 8.42 Å². The lowest BCUT2D eigenvalue weighted by Crippen LogP contribution is -2.38. The van der Waals surface area contributed by atoms with Gasteiger partial charge in [-0.2, -0.15) is 4.31 Å². The Morgan fingerprint density at radius 2 is 2.12 bits per heavy atom. The average molecular weight is 245 g/mol. The number of aromatic nitrogens is 2. The second-order valence-electron chi connectivity index (χ2n) is 3.80. The van der Waals surface area contributed by atoms with Crippen LogP contribution >= 0.6 is 0 Å². The predicted molar refractivity (Wildman–Crippen MR) is 62.6 cm³/mol. The number of aryl methyl sites for hydroxylation is 1. The predicted octanol–water partition coefficient (Wildman–Crippen LogP) is 1.53. The van der Waals surface area contributed by atoms with Gasteiger partial charge < -0.3 is 4.98 Å². The van der Waals surface area contributed by atoms with Gasteiger partial charge >= 0.3 is 0 Å². The van der Waals surface area contributed by atoms with Crippen LogP contribution in [-0.4, -0.2) is 35.3 Å². The van der Waals surface area contributed by atoms with Gasteiger partial charge in [-0.15, -0.1) is 0 Å². The molecule has 1 N–H and O–H groups in total. The van der Waals surface area contributed by atoms with Crippen molar-refractivity contribution in [1.82, 2.24) is 14.3 Å². The maximum Gasteiger partial charge on any atom is 0.260 e. The number of imidazole rings is 1. The number of nitrogens with zero attached hydrogens (tertiary/aromatic N) is 2. The van der Waals surface area contributed by atoms with Crippen molar-refractivity contribution in [2.75, 3.05) is 6.54 Å². The normalized spacial score (nSPS) is 14.3. The molecule has 0 fully saturated rings. The molecule has 1 atom stereocenters. The number of rotatable bonds is 5. The molecule has 92 valence electrons. The van der Waals surface area contributed by atoms with E-state index in [0.717, 1.165) is 6.42 Å². The summed E-state index contributed by atoms with van der Waals surface area (Å²) in [7, 11) is -3.43. The van der Waals surface area contributed by atoms with Gasteiger partial charge in [0.15, 0.2) is 5.03 Å². The topological polar surface area (TPSA) is 66.1 Å². The number of aromatic amines is 1. The van der Waals surface area contributed by atoms with E-state index in [0.29, 0.717) is 12.4 Å². The van der Waals surface area contributed by atoms with E-state index in [1.165, 1.54) is 10.5 Å². The van der Waals surface area contributed by atoms with Crippen LogP contribution in [0.5, 0.6) is 0 Å². The van der Waals surface area contributed by atoms with E-state index in [4.69, 9.17) is 0 Å². The summed E-state index contributed by atoms with van der Waals surface area (Å²) in [6, 6.07) is -0.00129. The van der Waals surface area contributed by atoms with E-state index >= 15 is 0 Å². The molecular weight excluding hydrogens is 226 g/mol. The van der Waals surface area contributed by atoms with Crippen LogP contribution < -0.4 is 0 Å². The van der Waals surface area contributed by atoms with Crippen molar-refractivity contribution in [3.8, 4) is 0 Å². The van der Waals surface area contributed by atoms with Crippen LogP contribution in [-0.2, 0) is 10.0 Å². The summed E-state index contributed by atoms with van der Waals surface area (Å²) in [4.78, 5) is 6.69. The molecule has 0 bridgehead atoms. The van der Waals surface area contributed by atoms with Crippen molar-refractivity contribution >= 4 is 10.0 Å². The zero-order valence-corrected chi connectivity index (χ0v) is 11.0. The monoisotopic (exact) mass is 245 g/mol. The van der Waals surface area contributed by atoms with Crippen LogP contribution in [0.25, 0.3) is 0 Å². The lowest BCUT2D eigenvalue weighted by atomic mass is 10.3. The summed E-state index contributed by atoms with van der Waals surface area (Å²) < 4.78 is 25.9. The van der Waals surface area contributed by atoms with Crippen molar-refractivity contribution in [3.05, 3.63) is 12.0 Å². The SMILES string of the molecule is CCC(C)N(CC)S(=O)(=O)c1cnc(C)[nH]1. The molecule has 0 aromatic carbocycles. The summed E-state index contributed by atoms with van der Waals surface area (Å²) in [6.07, 6.45) is 2.16. The maximum atomic E-state index is 12.2. The highest BCUT2D eigenvalue weighted by Crippen LogP contribution is 2.17. The number of hydrogen-bond donors (Lipinski definition) is 1. The van der Waals surface area contributed by atoms with Gasteiger partial charge in [-0.25, -0.2) is 13.4 Å². The summed E-state index contributed by atoms with van der Waals surface area (Å²) in [5.74, 6) is 0.610. The van der Waals surface area contributed by atoms with Crippen molar-refractivity contribution in [2.24, 2.45) is 0 Å². The molecular formula is C10H19N3O2S. The fraction of sp³-hybridized carbons (Fsp3) is 0.700. The lowest BCUT2D eigenvalue weighted by molar-refractivity contribution is 0.341. The quantitative estimate of drug-likeness (QED) is 0.855. The molecule has 0 aliphatic heterocycles. The van der Waals surface area contributed by atoms with Crippen LogP contribution in [0.4, 0.5) is 0 Å². The third-order valence-corrected chi connectivity index (χ3v) is 4.66. The summed E-state index contributed by atoms with van der Waals surface area (Å²) in [6.45, 7) is 7.92. The highest BCUT2D eigenvalue weighted by Gasteiger charge is 2.28. The fourth-order valence-electron chi connectivity index (χ4n) is 1.58. The number of nitrogens with one attached hydrogen (secondary N) is 1. The van der Waals surface area contributed by atoms with Crippen LogP contribution in [0.15, 0.2) is 11.2 Å². The van der Waals surface area contributed by atoms with Crippen LogP contribution in [0, 0.1) is 6.92 Å². The van der Waals surface area contributed by atoms with E-state index < -0.39 is 10.0 Å². The molecule has 5 nitrogen and oxygen atoms in total. The fourth-order valence-corrected chi connectivity index (χ4v) is 3.26. The highest BCUT2D eigenvalue weighted by atomic mass is 32.2. The maximum absolute atomic E-state index is 12.2. The molecule has 0 radical (unpaired) electrons. The minimum atomic E-state index is -3.43. The molecule has 0 spiro atoms. The van der Waals surface area contributed by atoms with E-state index in [1.54, 1.807) is 6.92 Å². The standard InChI is InChI=1S/C10H19N3O2S/c1-5-8(3)13(6-2)16(14,15)10-7-11-9(4)12-10/h7-8H,5-6H2,1-4H3,(H,11,12). The number of hydrogen-bond acceptors (Lipinski definition) is 3. The van der Waals surface area contributed by atoms with E-state index in [2.05, 4.69) is 9.97 Å². The van der Waals surface area contributed by atoms with Gasteiger partial charge in [0.1, 0.15) is 5.82 Å². The summed E-state index contributed by atoms with van der Waals surface area (Å²) >= 11 is 0. The van der Waals surface area contributed by atoms with E-state index in [1.807, 2.05) is 20.8 Å². The van der Waals surface area contributed by atoms with Crippen LogP contribution in [0.3, 0.4) is 0 Å². The van der Waals surface area contributed by atoms with Crippen molar-refractivity contribution in [3.63, 3.8) is 0 Å². The molecule has 0 aliphatic rings. The Labute approximate surface area is 96.9 Å². The first kappa shape index (κ1) is 13.2. The van der Waals surface area contributed by atoms with Gasteiger partial charge in [0.05, 0.1) is 6.20 Å². The number of H-pyrrole nitrogens is 1. The second-order valence-corrected chi connectivity index (χ2v) is 5.66. The Bertz CT molecular complexity index is 439. The van der Waals surface area contributed by atoms with E-state index in [-0.39, 0.29) is 11.1 Å². The Kier molecular flexibility index (Phi) is 4.09. The molecule has 1 rings (SSSR count). The van der Waals surface area contributed by atoms with Crippen molar-refractivity contribution < 1.29 is 8.42 Å². The van der Waals surface area contributed by atoms with Crippen LogP contribution in [0.2, 0.25) is 0 Å². The van der Waals surface area contributed by atoms with Gasteiger partial charge in [0.25, 0.3) is 10.0 Å². The smallest absolute Gasteiger partial charge is 0.260 e. The Hall–Kier alpha value is -0.880. The lowest BCUT2D eigenvalue weighted by Gasteiger charge is -2.25. The van der Waals surface area contributed by atoms with Gasteiger partial charge in [0.2, 0.25) is 0 Å². The largest absolute Gasteiger partial charge is 0.332 e. The molecule has 0 saturated heterocycles. The van der Waals surface area contributed by atoms with Crippen molar-refractivity contribution in [1.29, 1.82) is 0 Å². The summed E-state index contributed by atoms with van der Waals surface area (Å²) in [5.41, 5.74) is 0. The first-order chi connectivity index (χ1) is 7.43. The zero-order chi connectivity index (χ0) is 12.3. The van der Waals surface area contributed by atoms with Gasteiger partial charge in [-0.1, -0.05) is 13.8 Å². The van der Waals surface area contributed by atoms with Crippen LogP contribution in [0.1, 0.15) is 33.0 Å². The Morgan fingerprint density at radius 3 is 2.50 bits per heavy atom. The second kappa shape index (κ2) is 4.97. The van der Waals surface area contributed by atoms with Gasteiger partial charge in [-0.05, 0) is 20.3 Å². The molecule has 0 amide bonds. The minimum absolute atomic E-state index is 0.00129.